The number of carbonyl (C=O) groups is 1. The van der Waals surface area contributed by atoms with Crippen LogP contribution in [0, 0.1) is 0 Å². The first-order valence-corrected chi connectivity index (χ1v) is 11.4. The van der Waals surface area contributed by atoms with Crippen molar-refractivity contribution in [2.75, 3.05) is 30.9 Å². The number of hydrogen-bond acceptors (Lipinski definition) is 6. The summed E-state index contributed by atoms with van der Waals surface area (Å²) in [4.78, 5) is 18.4. The van der Waals surface area contributed by atoms with Crippen LogP contribution in [-0.2, 0) is 11.2 Å². The van der Waals surface area contributed by atoms with E-state index in [1.165, 1.54) is 18.2 Å². The van der Waals surface area contributed by atoms with Crippen molar-refractivity contribution in [2.24, 2.45) is 0 Å². The molecule has 2 N–H and O–H groups in total. The zero-order valence-electron chi connectivity index (χ0n) is 19.4. The van der Waals surface area contributed by atoms with E-state index in [-0.39, 0.29) is 5.97 Å². The van der Waals surface area contributed by atoms with Gasteiger partial charge in [-0.05, 0) is 73.2 Å². The first-order valence-electron chi connectivity index (χ1n) is 11.4. The van der Waals surface area contributed by atoms with Crippen molar-refractivity contribution in [1.82, 2.24) is 4.98 Å². The summed E-state index contributed by atoms with van der Waals surface area (Å²) in [6.07, 6.45) is 6.11. The van der Waals surface area contributed by atoms with Crippen molar-refractivity contribution in [3.63, 3.8) is 0 Å². The Hall–Kier alpha value is -3.38. The number of rotatable bonds is 7. The smallest absolute Gasteiger partial charge is 0.340 e. The number of aliphatic hydroxyl groups excluding tert-OH is 1. The molecule has 0 bridgehead atoms. The molecule has 1 heterocycles. The number of carbonyl (C=O) groups excluding carboxylic acids is 1. The fourth-order valence-corrected chi connectivity index (χ4v) is 4.50. The monoisotopic (exact) mass is 445 g/mol. The number of nitrogens with zero attached hydrogens (tertiary/aromatic N) is 2. The number of nitrogens with one attached hydrogen (secondary N) is 1. The van der Waals surface area contributed by atoms with Crippen molar-refractivity contribution in [1.29, 1.82) is 0 Å². The Labute approximate surface area is 195 Å². The third-order valence-corrected chi connectivity index (χ3v) is 6.48. The molecule has 33 heavy (non-hydrogen) atoms. The van der Waals surface area contributed by atoms with Crippen LogP contribution in [-0.4, -0.2) is 36.8 Å². The molecule has 3 aromatic rings. The second-order valence-electron chi connectivity index (χ2n) is 8.59. The van der Waals surface area contributed by atoms with Crippen LogP contribution in [0.3, 0.4) is 0 Å². The summed E-state index contributed by atoms with van der Waals surface area (Å²) in [7, 11) is 3.46. The van der Waals surface area contributed by atoms with Gasteiger partial charge in [0.05, 0.1) is 30.7 Å². The third kappa shape index (κ3) is 5.01. The van der Waals surface area contributed by atoms with Crippen LogP contribution in [0.1, 0.15) is 58.8 Å². The molecular weight excluding hydrogens is 414 g/mol. The van der Waals surface area contributed by atoms with Crippen molar-refractivity contribution < 1.29 is 14.6 Å². The first-order chi connectivity index (χ1) is 16.0. The largest absolute Gasteiger partial charge is 0.465 e. The zero-order chi connectivity index (χ0) is 23.4. The van der Waals surface area contributed by atoms with Crippen LogP contribution in [0.4, 0.5) is 17.1 Å². The van der Waals surface area contributed by atoms with E-state index < -0.39 is 6.10 Å². The molecule has 2 aromatic carbocycles. The SMILES string of the molecule is COC(=O)c1ccncc1NCC1CCCc2cc(N(C)c3ccc([C@H](C)O)cc3)ccc21. The van der Waals surface area contributed by atoms with Crippen molar-refractivity contribution >= 4 is 23.0 Å². The highest BCUT2D eigenvalue weighted by Gasteiger charge is 2.22. The van der Waals surface area contributed by atoms with Gasteiger partial charge in [-0.1, -0.05) is 18.2 Å². The van der Waals surface area contributed by atoms with Crippen LogP contribution in [0.5, 0.6) is 0 Å². The Morgan fingerprint density at radius 3 is 2.70 bits per heavy atom. The van der Waals surface area contributed by atoms with Gasteiger partial charge >= 0.3 is 5.97 Å². The quantitative estimate of drug-likeness (QED) is 0.486. The van der Waals surface area contributed by atoms with Crippen molar-refractivity contribution in [2.45, 2.75) is 38.2 Å². The van der Waals surface area contributed by atoms with Crippen molar-refractivity contribution in [3.8, 4) is 0 Å². The molecule has 1 aliphatic rings. The van der Waals surface area contributed by atoms with Gasteiger partial charge < -0.3 is 20.1 Å². The summed E-state index contributed by atoms with van der Waals surface area (Å²) in [6.45, 7) is 2.51. The number of hydrogen-bond donors (Lipinski definition) is 2. The number of fused-ring (bicyclic) bond motifs is 1. The standard InChI is InChI=1S/C27H31N3O3/c1-18(31)19-7-9-22(10-8-19)30(2)23-11-12-24-20(15-23)5-4-6-21(24)16-29-26-17-28-14-13-25(26)27(32)33-3/h7-15,17-18,21,29,31H,4-6,16H2,1-3H3/t18-,21?/m0/s1. The summed E-state index contributed by atoms with van der Waals surface area (Å²) < 4.78 is 4.89. The summed E-state index contributed by atoms with van der Waals surface area (Å²) in [6, 6.07) is 16.4. The maximum Gasteiger partial charge on any atom is 0.340 e. The lowest BCUT2D eigenvalue weighted by Crippen LogP contribution is -2.20. The average Bonchev–Trinajstić information content (AvgIpc) is 2.86. The number of esters is 1. The Kier molecular flexibility index (Phi) is 6.94. The molecule has 0 saturated heterocycles. The van der Waals surface area contributed by atoms with Crippen LogP contribution in [0.25, 0.3) is 0 Å². The van der Waals surface area contributed by atoms with Gasteiger partial charge in [-0.2, -0.15) is 0 Å². The van der Waals surface area contributed by atoms with E-state index in [1.807, 2.05) is 24.3 Å². The predicted octanol–water partition coefficient (Wildman–Crippen LogP) is 5.22. The zero-order valence-corrected chi connectivity index (χ0v) is 19.4. The number of aryl methyl sites for hydroxylation is 1. The van der Waals surface area contributed by atoms with Crippen LogP contribution >= 0.6 is 0 Å². The van der Waals surface area contributed by atoms with E-state index in [0.717, 1.165) is 42.7 Å². The van der Waals surface area contributed by atoms with E-state index in [4.69, 9.17) is 4.74 Å². The Bertz CT molecular complexity index is 1110. The number of benzene rings is 2. The molecule has 172 valence electrons. The van der Waals surface area contributed by atoms with E-state index in [1.54, 1.807) is 25.4 Å². The summed E-state index contributed by atoms with van der Waals surface area (Å²) in [5.41, 5.74) is 7.08. The molecule has 0 aliphatic heterocycles. The van der Waals surface area contributed by atoms with Gasteiger partial charge in [0.2, 0.25) is 0 Å². The molecule has 0 amide bonds. The topological polar surface area (TPSA) is 74.7 Å². The lowest BCUT2D eigenvalue weighted by molar-refractivity contribution is 0.0601. The fourth-order valence-electron chi connectivity index (χ4n) is 4.50. The summed E-state index contributed by atoms with van der Waals surface area (Å²) in [5, 5.41) is 13.2. The minimum atomic E-state index is -0.464. The van der Waals surface area contributed by atoms with Gasteiger partial charge in [0.15, 0.2) is 0 Å². The highest BCUT2D eigenvalue weighted by Crippen LogP contribution is 2.36. The number of anilines is 3. The van der Waals surface area contributed by atoms with Crippen LogP contribution < -0.4 is 10.2 Å². The second kappa shape index (κ2) is 10.0. The number of aliphatic hydroxyl groups is 1. The van der Waals surface area contributed by atoms with E-state index in [2.05, 4.69) is 40.4 Å². The van der Waals surface area contributed by atoms with Crippen LogP contribution in [0.2, 0.25) is 0 Å². The molecule has 6 heteroatoms. The van der Waals surface area contributed by atoms with Gasteiger partial charge in [0.25, 0.3) is 0 Å². The van der Waals surface area contributed by atoms with E-state index >= 15 is 0 Å². The average molecular weight is 446 g/mol. The number of aromatic nitrogens is 1. The lowest BCUT2D eigenvalue weighted by atomic mass is 9.82. The molecule has 1 aliphatic carbocycles. The molecule has 0 saturated carbocycles. The van der Waals surface area contributed by atoms with Gasteiger partial charge in [0, 0.05) is 37.1 Å². The van der Waals surface area contributed by atoms with E-state index in [9.17, 15) is 9.90 Å². The summed E-state index contributed by atoms with van der Waals surface area (Å²) >= 11 is 0. The summed E-state index contributed by atoms with van der Waals surface area (Å²) in [5.74, 6) is 0.00207. The number of methoxy groups -OCH3 is 1. The number of pyridine rings is 1. The molecular formula is C27H31N3O3. The lowest BCUT2D eigenvalue weighted by Gasteiger charge is -2.28. The first kappa shape index (κ1) is 22.8. The minimum Gasteiger partial charge on any atom is -0.465 e. The van der Waals surface area contributed by atoms with Crippen LogP contribution in [0.15, 0.2) is 60.9 Å². The molecule has 1 unspecified atom stereocenters. The maximum atomic E-state index is 12.0. The molecule has 0 fully saturated rings. The van der Waals surface area contributed by atoms with E-state index in [0.29, 0.717) is 17.2 Å². The minimum absolute atomic E-state index is 0.363. The highest BCUT2D eigenvalue weighted by molar-refractivity contribution is 5.95. The molecule has 6 nitrogen and oxygen atoms in total. The Morgan fingerprint density at radius 1 is 1.21 bits per heavy atom. The van der Waals surface area contributed by atoms with Crippen molar-refractivity contribution in [3.05, 3.63) is 83.2 Å². The van der Waals surface area contributed by atoms with Gasteiger partial charge in [0.1, 0.15) is 0 Å². The molecule has 1 aromatic heterocycles. The normalized spacial score (nSPS) is 15.9. The predicted molar refractivity (Wildman–Crippen MR) is 131 cm³/mol. The Morgan fingerprint density at radius 2 is 1.97 bits per heavy atom. The highest BCUT2D eigenvalue weighted by atomic mass is 16.5. The van der Waals surface area contributed by atoms with Gasteiger partial charge in [-0.3, -0.25) is 4.98 Å². The molecule has 0 radical (unpaired) electrons. The maximum absolute atomic E-state index is 12.0. The Balaban J connectivity index is 1.50. The fraction of sp³-hybridized carbons (Fsp3) is 0.333. The second-order valence-corrected chi connectivity index (χ2v) is 8.59. The molecule has 4 rings (SSSR count). The molecule has 2 atom stereocenters. The molecule has 0 spiro atoms. The van der Waals surface area contributed by atoms with Gasteiger partial charge in [-0.25, -0.2) is 4.79 Å². The third-order valence-electron chi connectivity index (χ3n) is 6.48. The van der Waals surface area contributed by atoms with Gasteiger partial charge in [-0.15, -0.1) is 0 Å². The number of ether oxygens (including phenoxy) is 1.